The van der Waals surface area contributed by atoms with Crippen molar-refractivity contribution >= 4 is 27.9 Å². The Bertz CT molecular complexity index is 514. The maximum Gasteiger partial charge on any atom is 0.416 e. The van der Waals surface area contributed by atoms with E-state index in [1.807, 2.05) is 0 Å². The van der Waals surface area contributed by atoms with E-state index in [2.05, 4.69) is 0 Å². The van der Waals surface area contributed by atoms with Gasteiger partial charge in [0.1, 0.15) is 0 Å². The van der Waals surface area contributed by atoms with Crippen molar-refractivity contribution in [2.45, 2.75) is 18.9 Å². The number of alkyl halides is 3. The molecule has 0 fully saturated rings. The number of carbonyl (C=O) groups excluding carboxylic acids is 1. The molecule has 0 aliphatic rings. The summed E-state index contributed by atoms with van der Waals surface area (Å²) in [6.07, 6.45) is -4.75. The molecule has 0 saturated carbocycles. The van der Waals surface area contributed by atoms with Gasteiger partial charge in [-0.2, -0.15) is 13.2 Å². The van der Waals surface area contributed by atoms with E-state index in [-0.39, 0.29) is 11.1 Å². The Morgan fingerprint density at radius 1 is 1.44 bits per heavy atom. The first kappa shape index (κ1) is 15.1. The number of carbonyl (C=O) groups is 1. The second-order valence-corrected chi connectivity index (χ2v) is 4.78. The van der Waals surface area contributed by atoms with E-state index in [0.29, 0.717) is 6.07 Å². The highest BCUT2D eigenvalue weighted by Gasteiger charge is 2.34. The SMILES string of the molecule is Cc1cc(CS(=O)[O-])c(C(F)(F)F)cc1C(=O)Cl. The van der Waals surface area contributed by atoms with Crippen molar-refractivity contribution in [2.75, 3.05) is 0 Å². The van der Waals surface area contributed by atoms with Crippen molar-refractivity contribution in [1.29, 1.82) is 0 Å². The van der Waals surface area contributed by atoms with Crippen LogP contribution in [0.4, 0.5) is 13.2 Å². The molecule has 100 valence electrons. The summed E-state index contributed by atoms with van der Waals surface area (Å²) >= 11 is 2.51. The van der Waals surface area contributed by atoms with Crippen molar-refractivity contribution in [2.24, 2.45) is 0 Å². The highest BCUT2D eigenvalue weighted by molar-refractivity contribution is 7.78. The number of benzene rings is 1. The molecule has 1 aromatic rings. The molecule has 0 saturated heterocycles. The van der Waals surface area contributed by atoms with Gasteiger partial charge in [0.2, 0.25) is 0 Å². The molecule has 0 heterocycles. The average molecular weight is 300 g/mol. The zero-order chi connectivity index (χ0) is 14.1. The predicted molar refractivity (Wildman–Crippen MR) is 59.0 cm³/mol. The summed E-state index contributed by atoms with van der Waals surface area (Å²) in [7, 11) is 0. The largest absolute Gasteiger partial charge is 0.772 e. The van der Waals surface area contributed by atoms with Gasteiger partial charge in [-0.3, -0.25) is 9.00 Å². The second kappa shape index (κ2) is 5.38. The van der Waals surface area contributed by atoms with Crippen molar-refractivity contribution in [3.63, 3.8) is 0 Å². The van der Waals surface area contributed by atoms with Crippen molar-refractivity contribution in [3.05, 3.63) is 34.4 Å². The van der Waals surface area contributed by atoms with Crippen LogP contribution >= 0.6 is 11.6 Å². The van der Waals surface area contributed by atoms with E-state index in [1.165, 1.54) is 6.92 Å². The van der Waals surface area contributed by atoms with Crippen LogP contribution < -0.4 is 0 Å². The van der Waals surface area contributed by atoms with Gasteiger partial charge in [-0.25, -0.2) is 0 Å². The van der Waals surface area contributed by atoms with Crippen LogP contribution in [0.5, 0.6) is 0 Å². The molecule has 1 aromatic carbocycles. The lowest BCUT2D eigenvalue weighted by Gasteiger charge is -2.16. The lowest BCUT2D eigenvalue weighted by atomic mass is 10.00. The fraction of sp³-hybridized carbons (Fsp3) is 0.300. The Morgan fingerprint density at radius 2 is 2.00 bits per heavy atom. The quantitative estimate of drug-likeness (QED) is 0.637. The van der Waals surface area contributed by atoms with Crippen LogP contribution in [0.3, 0.4) is 0 Å². The number of hydrogen-bond acceptors (Lipinski definition) is 3. The minimum atomic E-state index is -4.75. The third-order valence-electron chi connectivity index (χ3n) is 2.24. The molecule has 0 aliphatic heterocycles. The highest BCUT2D eigenvalue weighted by atomic mass is 35.5. The van der Waals surface area contributed by atoms with E-state index in [0.717, 1.165) is 6.07 Å². The molecule has 0 aromatic heterocycles. The van der Waals surface area contributed by atoms with Gasteiger partial charge in [0.05, 0.1) is 5.56 Å². The van der Waals surface area contributed by atoms with Gasteiger partial charge in [0.15, 0.2) is 0 Å². The van der Waals surface area contributed by atoms with Gasteiger partial charge in [0.25, 0.3) is 5.24 Å². The number of rotatable bonds is 3. The van der Waals surface area contributed by atoms with E-state index < -0.39 is 39.4 Å². The lowest BCUT2D eigenvalue weighted by Crippen LogP contribution is -2.13. The minimum absolute atomic E-state index is 0.198. The van der Waals surface area contributed by atoms with Crippen LogP contribution in [0.25, 0.3) is 0 Å². The summed E-state index contributed by atoms with van der Waals surface area (Å²) in [4.78, 5) is 11.0. The van der Waals surface area contributed by atoms with Crippen LogP contribution in [0.2, 0.25) is 0 Å². The van der Waals surface area contributed by atoms with Crippen LogP contribution in [0.1, 0.15) is 27.0 Å². The molecule has 8 heteroatoms. The lowest BCUT2D eigenvalue weighted by molar-refractivity contribution is -0.138. The van der Waals surface area contributed by atoms with Crippen molar-refractivity contribution in [1.82, 2.24) is 0 Å². The van der Waals surface area contributed by atoms with Gasteiger partial charge in [-0.1, -0.05) is 17.1 Å². The molecule has 0 amide bonds. The summed E-state index contributed by atoms with van der Waals surface area (Å²) in [5.41, 5.74) is -1.66. The molecule has 1 unspecified atom stereocenters. The fourth-order valence-electron chi connectivity index (χ4n) is 1.49. The van der Waals surface area contributed by atoms with Gasteiger partial charge >= 0.3 is 6.18 Å². The summed E-state index contributed by atoms with van der Waals surface area (Å²) < 4.78 is 59.2. The van der Waals surface area contributed by atoms with E-state index >= 15 is 0 Å². The van der Waals surface area contributed by atoms with Crippen LogP contribution in [0, 0.1) is 6.92 Å². The first-order valence-corrected chi connectivity index (χ1v) is 6.21. The summed E-state index contributed by atoms with van der Waals surface area (Å²) in [6.45, 7) is 1.38. The van der Waals surface area contributed by atoms with Crippen LogP contribution in [-0.2, 0) is 23.0 Å². The third-order valence-corrected chi connectivity index (χ3v) is 2.99. The third kappa shape index (κ3) is 3.54. The first-order chi connectivity index (χ1) is 8.12. The van der Waals surface area contributed by atoms with Crippen molar-refractivity contribution in [3.8, 4) is 0 Å². The number of hydrogen-bond donors (Lipinski definition) is 0. The van der Waals surface area contributed by atoms with E-state index in [4.69, 9.17) is 11.6 Å². The second-order valence-electron chi connectivity index (χ2n) is 3.54. The first-order valence-electron chi connectivity index (χ1n) is 4.59. The van der Waals surface area contributed by atoms with E-state index in [1.54, 1.807) is 0 Å². The highest BCUT2D eigenvalue weighted by Crippen LogP contribution is 2.34. The zero-order valence-corrected chi connectivity index (χ0v) is 10.6. The normalized spacial score (nSPS) is 13.4. The number of halogens is 4. The van der Waals surface area contributed by atoms with Gasteiger partial charge in [-0.15, -0.1) is 0 Å². The number of aryl methyl sites for hydroxylation is 1. The molecular weight excluding hydrogens is 293 g/mol. The van der Waals surface area contributed by atoms with E-state index in [9.17, 15) is 26.7 Å². The fourth-order valence-corrected chi connectivity index (χ4v) is 2.19. The standard InChI is InChI=1S/C10H8ClF3O3S/c1-5-2-6(4-18(16)17)8(10(12,13)14)3-7(5)9(11)15/h2-3H,4H2,1H3,(H,16,17)/p-1. The molecule has 1 rings (SSSR count). The van der Waals surface area contributed by atoms with Crippen molar-refractivity contribution < 1.29 is 26.7 Å². The molecule has 18 heavy (non-hydrogen) atoms. The van der Waals surface area contributed by atoms with Crippen LogP contribution in [-0.4, -0.2) is 14.0 Å². The molecule has 0 radical (unpaired) electrons. The summed E-state index contributed by atoms with van der Waals surface area (Å²) in [5.74, 6) is -0.771. The Kier molecular flexibility index (Phi) is 4.52. The summed E-state index contributed by atoms with van der Waals surface area (Å²) in [5, 5.41) is -1.02. The zero-order valence-electron chi connectivity index (χ0n) is 9.01. The average Bonchev–Trinajstić information content (AvgIpc) is 2.13. The topological polar surface area (TPSA) is 57.2 Å². The Hall–Kier alpha value is -0.920. The predicted octanol–water partition coefficient (Wildman–Crippen LogP) is 2.77. The Labute approximate surface area is 108 Å². The Balaban J connectivity index is 3.47. The maximum absolute atomic E-state index is 12.7. The molecule has 0 spiro atoms. The molecular formula is C10H7ClF3O3S-. The minimum Gasteiger partial charge on any atom is -0.772 e. The monoisotopic (exact) mass is 299 g/mol. The van der Waals surface area contributed by atoms with Gasteiger partial charge < -0.3 is 4.55 Å². The Morgan fingerprint density at radius 3 is 2.39 bits per heavy atom. The van der Waals surface area contributed by atoms with Crippen LogP contribution in [0.15, 0.2) is 12.1 Å². The molecule has 0 aliphatic carbocycles. The summed E-state index contributed by atoms with van der Waals surface area (Å²) in [6, 6.07) is 1.58. The smallest absolute Gasteiger partial charge is 0.416 e. The molecule has 3 nitrogen and oxygen atoms in total. The van der Waals surface area contributed by atoms with Gasteiger partial charge in [-0.05, 0) is 35.7 Å². The molecule has 1 atom stereocenters. The van der Waals surface area contributed by atoms with Gasteiger partial charge in [0, 0.05) is 11.3 Å². The molecule has 0 bridgehead atoms. The maximum atomic E-state index is 12.7. The molecule has 0 N–H and O–H groups in total.